The van der Waals surface area contributed by atoms with Crippen molar-refractivity contribution in [2.75, 3.05) is 19.6 Å². The van der Waals surface area contributed by atoms with E-state index in [2.05, 4.69) is 17.3 Å². The first-order chi connectivity index (χ1) is 12.6. The Morgan fingerprint density at radius 2 is 2.04 bits per heavy atom. The Hall–Kier alpha value is -2.74. The maximum Gasteiger partial charge on any atom is 0.269 e. The largest absolute Gasteiger partial charge is 0.335 e. The van der Waals surface area contributed by atoms with E-state index < -0.39 is 4.92 Å². The fraction of sp³-hybridized carbons (Fsp3) is 0.444. The zero-order valence-electron chi connectivity index (χ0n) is 14.8. The first kappa shape index (κ1) is 18.1. The number of benzene rings is 1. The third-order valence-corrected chi connectivity index (χ3v) is 4.63. The number of aromatic nitrogens is 2. The Balaban J connectivity index is 1.78. The molecular weight excluding hydrogens is 334 g/mol. The topological polar surface area (TPSA) is 93.3 Å². The molecule has 26 heavy (non-hydrogen) atoms. The molecule has 1 saturated heterocycles. The number of carbonyl (C=O) groups is 1. The van der Waals surface area contributed by atoms with Crippen LogP contribution in [0.25, 0.3) is 5.69 Å². The molecule has 138 valence electrons. The van der Waals surface area contributed by atoms with Crippen LogP contribution in [0.4, 0.5) is 5.69 Å². The number of hydrogen-bond acceptors (Lipinski definition) is 5. The Kier molecular flexibility index (Phi) is 5.62. The van der Waals surface area contributed by atoms with E-state index in [9.17, 15) is 14.9 Å². The molecule has 2 aromatic rings. The van der Waals surface area contributed by atoms with E-state index in [1.165, 1.54) is 12.1 Å². The SMILES string of the molecule is CCCN(C(=O)c1cnn(-c2ccc([N+](=O)[O-])cc2)c1)C1CCNCC1. The van der Waals surface area contributed by atoms with Gasteiger partial charge in [-0.3, -0.25) is 14.9 Å². The van der Waals surface area contributed by atoms with Crippen LogP contribution in [-0.2, 0) is 0 Å². The summed E-state index contributed by atoms with van der Waals surface area (Å²) < 4.78 is 1.57. The van der Waals surface area contributed by atoms with Crippen LogP contribution < -0.4 is 5.32 Å². The number of hydrogen-bond donors (Lipinski definition) is 1. The third-order valence-electron chi connectivity index (χ3n) is 4.63. The van der Waals surface area contributed by atoms with Gasteiger partial charge in [0, 0.05) is 30.9 Å². The van der Waals surface area contributed by atoms with Gasteiger partial charge in [0.2, 0.25) is 0 Å². The fourth-order valence-electron chi connectivity index (χ4n) is 3.28. The van der Waals surface area contributed by atoms with E-state index in [0.29, 0.717) is 11.3 Å². The van der Waals surface area contributed by atoms with Crippen LogP contribution in [0, 0.1) is 10.1 Å². The second-order valence-corrected chi connectivity index (χ2v) is 6.43. The number of non-ortho nitro benzene ring substituents is 1. The van der Waals surface area contributed by atoms with Crippen molar-refractivity contribution in [3.8, 4) is 5.69 Å². The Morgan fingerprint density at radius 1 is 1.35 bits per heavy atom. The van der Waals surface area contributed by atoms with E-state index in [0.717, 1.165) is 38.9 Å². The number of nitro groups is 1. The number of nitrogens with one attached hydrogen (secondary N) is 1. The first-order valence-corrected chi connectivity index (χ1v) is 8.91. The predicted molar refractivity (Wildman–Crippen MR) is 97.4 cm³/mol. The molecule has 1 fully saturated rings. The molecular formula is C18H23N5O3. The van der Waals surface area contributed by atoms with E-state index in [4.69, 9.17) is 0 Å². The summed E-state index contributed by atoms with van der Waals surface area (Å²) in [7, 11) is 0. The second-order valence-electron chi connectivity index (χ2n) is 6.43. The van der Waals surface area contributed by atoms with Crippen LogP contribution in [0.5, 0.6) is 0 Å². The van der Waals surface area contributed by atoms with Crippen molar-refractivity contribution in [3.63, 3.8) is 0 Å². The number of rotatable bonds is 6. The zero-order chi connectivity index (χ0) is 18.5. The highest BCUT2D eigenvalue weighted by Crippen LogP contribution is 2.18. The van der Waals surface area contributed by atoms with E-state index in [1.54, 1.807) is 29.2 Å². The lowest BCUT2D eigenvalue weighted by Crippen LogP contribution is -2.46. The highest BCUT2D eigenvalue weighted by Gasteiger charge is 2.26. The molecule has 1 aliphatic rings. The van der Waals surface area contributed by atoms with E-state index in [1.807, 2.05) is 4.90 Å². The van der Waals surface area contributed by atoms with E-state index in [-0.39, 0.29) is 17.6 Å². The van der Waals surface area contributed by atoms with Gasteiger partial charge < -0.3 is 10.2 Å². The molecule has 2 heterocycles. The summed E-state index contributed by atoms with van der Waals surface area (Å²) >= 11 is 0. The molecule has 1 amide bonds. The van der Waals surface area contributed by atoms with Crippen molar-refractivity contribution < 1.29 is 9.72 Å². The molecule has 0 atom stereocenters. The van der Waals surface area contributed by atoms with Gasteiger partial charge in [0.15, 0.2) is 0 Å². The van der Waals surface area contributed by atoms with Gasteiger partial charge >= 0.3 is 0 Å². The first-order valence-electron chi connectivity index (χ1n) is 8.91. The number of carbonyl (C=O) groups excluding carboxylic acids is 1. The van der Waals surface area contributed by atoms with Crippen LogP contribution in [0.3, 0.4) is 0 Å². The molecule has 1 aromatic heterocycles. The minimum atomic E-state index is -0.441. The maximum atomic E-state index is 13.0. The fourth-order valence-corrected chi connectivity index (χ4v) is 3.28. The molecule has 0 radical (unpaired) electrons. The highest BCUT2D eigenvalue weighted by atomic mass is 16.6. The van der Waals surface area contributed by atoms with Gasteiger partial charge in [-0.15, -0.1) is 0 Å². The van der Waals surface area contributed by atoms with Gasteiger partial charge in [0.25, 0.3) is 11.6 Å². The van der Waals surface area contributed by atoms with Crippen molar-refractivity contribution in [1.29, 1.82) is 0 Å². The van der Waals surface area contributed by atoms with Gasteiger partial charge in [-0.25, -0.2) is 4.68 Å². The Bertz CT molecular complexity index is 765. The molecule has 0 spiro atoms. The van der Waals surface area contributed by atoms with Crippen LogP contribution in [0.15, 0.2) is 36.7 Å². The molecule has 8 nitrogen and oxygen atoms in total. The van der Waals surface area contributed by atoms with Gasteiger partial charge in [-0.2, -0.15) is 5.10 Å². The van der Waals surface area contributed by atoms with Gasteiger partial charge in [-0.05, 0) is 44.5 Å². The summed E-state index contributed by atoms with van der Waals surface area (Å²) in [5, 5.41) is 18.3. The average molecular weight is 357 g/mol. The lowest BCUT2D eigenvalue weighted by molar-refractivity contribution is -0.384. The second kappa shape index (κ2) is 8.09. The predicted octanol–water partition coefficient (Wildman–Crippen LogP) is 2.38. The van der Waals surface area contributed by atoms with Gasteiger partial charge in [0.05, 0.1) is 22.4 Å². The monoisotopic (exact) mass is 357 g/mol. The summed E-state index contributed by atoms with van der Waals surface area (Å²) in [4.78, 5) is 25.3. The lowest BCUT2D eigenvalue weighted by atomic mass is 10.0. The van der Waals surface area contributed by atoms with Crippen molar-refractivity contribution in [3.05, 3.63) is 52.3 Å². The standard InChI is InChI=1S/C18H23N5O3/c1-2-11-21(15-7-9-19-10-8-15)18(24)14-12-20-22(13-14)16-3-5-17(6-4-16)23(25)26/h3-6,12-13,15,19H,2,7-11H2,1H3. The number of nitrogens with zero attached hydrogens (tertiary/aromatic N) is 4. The maximum absolute atomic E-state index is 13.0. The van der Waals surface area contributed by atoms with Crippen LogP contribution in [0.1, 0.15) is 36.5 Å². The number of piperidine rings is 1. The molecule has 1 aliphatic heterocycles. The van der Waals surface area contributed by atoms with Crippen molar-refractivity contribution >= 4 is 11.6 Å². The quantitative estimate of drug-likeness (QED) is 0.633. The lowest BCUT2D eigenvalue weighted by Gasteiger charge is -2.34. The average Bonchev–Trinajstić information content (AvgIpc) is 3.16. The minimum absolute atomic E-state index is 0.00749. The minimum Gasteiger partial charge on any atom is -0.335 e. The van der Waals surface area contributed by atoms with Gasteiger partial charge in [-0.1, -0.05) is 6.92 Å². The zero-order valence-corrected chi connectivity index (χ0v) is 14.8. The summed E-state index contributed by atoms with van der Waals surface area (Å²) in [5.74, 6) is -0.00749. The number of amides is 1. The molecule has 0 bridgehead atoms. The van der Waals surface area contributed by atoms with Crippen molar-refractivity contribution in [2.24, 2.45) is 0 Å². The molecule has 1 aromatic carbocycles. The molecule has 0 aliphatic carbocycles. The third kappa shape index (κ3) is 3.91. The van der Waals surface area contributed by atoms with E-state index >= 15 is 0 Å². The smallest absolute Gasteiger partial charge is 0.269 e. The molecule has 8 heteroatoms. The van der Waals surface area contributed by atoms with Crippen molar-refractivity contribution in [2.45, 2.75) is 32.2 Å². The highest BCUT2D eigenvalue weighted by molar-refractivity contribution is 5.94. The summed E-state index contributed by atoms with van der Waals surface area (Å²) in [6, 6.07) is 6.35. The van der Waals surface area contributed by atoms with Crippen LogP contribution >= 0.6 is 0 Å². The Labute approximate surface area is 151 Å². The summed E-state index contributed by atoms with van der Waals surface area (Å²) in [6.45, 7) is 4.66. The number of nitro benzene ring substituents is 1. The molecule has 3 rings (SSSR count). The Morgan fingerprint density at radius 3 is 2.65 bits per heavy atom. The molecule has 1 N–H and O–H groups in total. The summed E-state index contributed by atoms with van der Waals surface area (Å²) in [5.41, 5.74) is 1.24. The van der Waals surface area contributed by atoms with Gasteiger partial charge in [0.1, 0.15) is 0 Å². The van der Waals surface area contributed by atoms with Crippen LogP contribution in [0.2, 0.25) is 0 Å². The molecule has 0 saturated carbocycles. The molecule has 0 unspecified atom stereocenters. The summed E-state index contributed by atoms with van der Waals surface area (Å²) in [6.07, 6.45) is 6.08. The van der Waals surface area contributed by atoms with Crippen molar-refractivity contribution in [1.82, 2.24) is 20.0 Å². The van der Waals surface area contributed by atoms with Crippen LogP contribution in [-0.4, -0.2) is 51.2 Å². The normalized spacial score (nSPS) is 15.0.